The molecule has 19 heavy (non-hydrogen) atoms. The predicted octanol–water partition coefficient (Wildman–Crippen LogP) is 1.89. The van der Waals surface area contributed by atoms with Crippen LogP contribution in [0.15, 0.2) is 24.3 Å². The minimum absolute atomic E-state index is 0.0922. The molecule has 1 amide bonds. The van der Waals surface area contributed by atoms with E-state index in [0.717, 1.165) is 30.6 Å². The molecule has 1 fully saturated rings. The van der Waals surface area contributed by atoms with Gasteiger partial charge in [0.25, 0.3) is 0 Å². The third-order valence-corrected chi connectivity index (χ3v) is 3.86. The van der Waals surface area contributed by atoms with Crippen molar-refractivity contribution < 1.29 is 4.79 Å². The maximum absolute atomic E-state index is 11.3. The second-order valence-corrected chi connectivity index (χ2v) is 5.32. The molecule has 3 N–H and O–H groups in total. The third kappa shape index (κ3) is 3.44. The SMILES string of the molecule is Cc1ccccc1NC(=S)N1CCCC(C(N)=O)C1. The molecule has 1 atom stereocenters. The zero-order chi connectivity index (χ0) is 13.8. The van der Waals surface area contributed by atoms with Crippen LogP contribution in [0.2, 0.25) is 0 Å². The molecule has 2 rings (SSSR count). The van der Waals surface area contributed by atoms with E-state index in [1.165, 1.54) is 0 Å². The zero-order valence-corrected chi connectivity index (χ0v) is 11.9. The van der Waals surface area contributed by atoms with E-state index < -0.39 is 0 Å². The normalized spacial score (nSPS) is 19.0. The fourth-order valence-electron chi connectivity index (χ4n) is 2.30. The van der Waals surface area contributed by atoms with Crippen LogP contribution in [0, 0.1) is 12.8 Å². The highest BCUT2D eigenvalue weighted by atomic mass is 32.1. The van der Waals surface area contributed by atoms with Crippen molar-refractivity contribution in [1.82, 2.24) is 4.90 Å². The first-order chi connectivity index (χ1) is 9.08. The summed E-state index contributed by atoms with van der Waals surface area (Å²) < 4.78 is 0. The summed E-state index contributed by atoms with van der Waals surface area (Å²) in [6, 6.07) is 8.00. The summed E-state index contributed by atoms with van der Waals surface area (Å²) in [5, 5.41) is 3.91. The number of nitrogens with one attached hydrogen (secondary N) is 1. The average Bonchev–Trinajstić information content (AvgIpc) is 2.41. The van der Waals surface area contributed by atoms with Gasteiger partial charge < -0.3 is 16.0 Å². The summed E-state index contributed by atoms with van der Waals surface area (Å²) in [6.45, 7) is 3.53. The number of hydrogen-bond donors (Lipinski definition) is 2. The lowest BCUT2D eigenvalue weighted by Crippen LogP contribution is -2.45. The van der Waals surface area contributed by atoms with Gasteiger partial charge in [0.15, 0.2) is 5.11 Å². The number of likely N-dealkylation sites (tertiary alicyclic amines) is 1. The number of anilines is 1. The molecule has 0 radical (unpaired) electrons. The van der Waals surface area contributed by atoms with E-state index in [4.69, 9.17) is 18.0 Å². The number of amides is 1. The van der Waals surface area contributed by atoms with Gasteiger partial charge in [0.1, 0.15) is 0 Å². The van der Waals surface area contributed by atoms with Gasteiger partial charge in [-0.3, -0.25) is 4.79 Å². The van der Waals surface area contributed by atoms with E-state index in [0.29, 0.717) is 11.7 Å². The molecule has 0 saturated carbocycles. The van der Waals surface area contributed by atoms with Crippen LogP contribution in [0.5, 0.6) is 0 Å². The number of aryl methyl sites for hydroxylation is 1. The van der Waals surface area contributed by atoms with Gasteiger partial charge in [0.2, 0.25) is 5.91 Å². The van der Waals surface area contributed by atoms with Crippen molar-refractivity contribution in [2.24, 2.45) is 11.7 Å². The number of carbonyl (C=O) groups is 1. The highest BCUT2D eigenvalue weighted by Crippen LogP contribution is 2.19. The molecule has 4 nitrogen and oxygen atoms in total. The second-order valence-electron chi connectivity index (χ2n) is 4.93. The van der Waals surface area contributed by atoms with Crippen LogP contribution in [0.25, 0.3) is 0 Å². The van der Waals surface area contributed by atoms with E-state index in [-0.39, 0.29) is 11.8 Å². The second kappa shape index (κ2) is 6.02. The van der Waals surface area contributed by atoms with Crippen LogP contribution in [0.3, 0.4) is 0 Å². The Bertz CT molecular complexity index is 489. The van der Waals surface area contributed by atoms with Gasteiger partial charge in [-0.25, -0.2) is 0 Å². The molecule has 0 bridgehead atoms. The van der Waals surface area contributed by atoms with E-state index in [2.05, 4.69) is 5.32 Å². The molecule has 1 heterocycles. The topological polar surface area (TPSA) is 58.4 Å². The van der Waals surface area contributed by atoms with E-state index in [9.17, 15) is 4.79 Å². The highest BCUT2D eigenvalue weighted by molar-refractivity contribution is 7.80. The Labute approximate surface area is 119 Å². The minimum atomic E-state index is -0.233. The van der Waals surface area contributed by atoms with Crippen molar-refractivity contribution in [3.63, 3.8) is 0 Å². The lowest BCUT2D eigenvalue weighted by Gasteiger charge is -2.33. The van der Waals surface area contributed by atoms with Crippen molar-refractivity contribution in [2.45, 2.75) is 19.8 Å². The number of nitrogens with zero attached hydrogens (tertiary/aromatic N) is 1. The minimum Gasteiger partial charge on any atom is -0.369 e. The summed E-state index contributed by atoms with van der Waals surface area (Å²) in [5.41, 5.74) is 7.53. The number of thiocarbonyl (C=S) groups is 1. The number of carbonyl (C=O) groups excluding carboxylic acids is 1. The first-order valence-corrected chi connectivity index (χ1v) is 6.89. The standard InChI is InChI=1S/C14H19N3OS/c1-10-5-2-3-7-12(10)16-14(19)17-8-4-6-11(9-17)13(15)18/h2-3,5,7,11H,4,6,8-9H2,1H3,(H2,15,18)(H,16,19). The molecule has 5 heteroatoms. The van der Waals surface area contributed by atoms with E-state index in [1.54, 1.807) is 0 Å². The Morgan fingerprint density at radius 1 is 1.47 bits per heavy atom. The number of para-hydroxylation sites is 1. The number of hydrogen-bond acceptors (Lipinski definition) is 2. The van der Waals surface area contributed by atoms with Gasteiger partial charge in [0.05, 0.1) is 5.92 Å². The molecule has 1 aromatic rings. The molecule has 102 valence electrons. The van der Waals surface area contributed by atoms with Crippen LogP contribution < -0.4 is 11.1 Å². The number of benzene rings is 1. The smallest absolute Gasteiger partial charge is 0.222 e. The molecule has 0 spiro atoms. The largest absolute Gasteiger partial charge is 0.369 e. The maximum Gasteiger partial charge on any atom is 0.222 e. The summed E-state index contributed by atoms with van der Waals surface area (Å²) >= 11 is 5.42. The van der Waals surface area contributed by atoms with Gasteiger partial charge in [-0.2, -0.15) is 0 Å². The summed E-state index contributed by atoms with van der Waals surface area (Å²) in [5.74, 6) is -0.325. The molecular weight excluding hydrogens is 258 g/mol. The van der Waals surface area contributed by atoms with Crippen molar-refractivity contribution in [3.8, 4) is 0 Å². The molecular formula is C14H19N3OS. The average molecular weight is 277 g/mol. The molecule has 1 aliphatic heterocycles. The molecule has 1 saturated heterocycles. The highest BCUT2D eigenvalue weighted by Gasteiger charge is 2.25. The Hall–Kier alpha value is -1.62. The van der Waals surface area contributed by atoms with Crippen LogP contribution >= 0.6 is 12.2 Å². The first-order valence-electron chi connectivity index (χ1n) is 6.49. The maximum atomic E-state index is 11.3. The number of nitrogens with two attached hydrogens (primary N) is 1. The van der Waals surface area contributed by atoms with Gasteiger partial charge in [-0.1, -0.05) is 18.2 Å². The number of primary amides is 1. The Morgan fingerprint density at radius 2 is 2.21 bits per heavy atom. The van der Waals surface area contributed by atoms with Gasteiger partial charge >= 0.3 is 0 Å². The molecule has 1 aliphatic rings. The van der Waals surface area contributed by atoms with Crippen LogP contribution in [0.4, 0.5) is 5.69 Å². The fraction of sp³-hybridized carbons (Fsp3) is 0.429. The Kier molecular flexibility index (Phi) is 4.37. The van der Waals surface area contributed by atoms with Crippen LogP contribution in [-0.4, -0.2) is 29.0 Å². The lowest BCUT2D eigenvalue weighted by molar-refractivity contribution is -0.122. The quantitative estimate of drug-likeness (QED) is 0.811. The molecule has 1 aromatic carbocycles. The van der Waals surface area contributed by atoms with Crippen molar-refractivity contribution in [1.29, 1.82) is 0 Å². The predicted molar refractivity (Wildman–Crippen MR) is 80.9 cm³/mol. The number of piperidine rings is 1. The van der Waals surface area contributed by atoms with Crippen LogP contribution in [0.1, 0.15) is 18.4 Å². The number of rotatable bonds is 2. The molecule has 1 unspecified atom stereocenters. The van der Waals surface area contributed by atoms with Gasteiger partial charge in [-0.05, 0) is 43.6 Å². The van der Waals surface area contributed by atoms with Gasteiger partial charge in [0, 0.05) is 18.8 Å². The van der Waals surface area contributed by atoms with Gasteiger partial charge in [-0.15, -0.1) is 0 Å². The Balaban J connectivity index is 2.00. The molecule has 0 aromatic heterocycles. The molecule has 0 aliphatic carbocycles. The zero-order valence-electron chi connectivity index (χ0n) is 11.1. The third-order valence-electron chi connectivity index (χ3n) is 3.50. The van der Waals surface area contributed by atoms with Crippen molar-refractivity contribution in [3.05, 3.63) is 29.8 Å². The lowest BCUT2D eigenvalue weighted by atomic mass is 9.98. The van der Waals surface area contributed by atoms with E-state index >= 15 is 0 Å². The van der Waals surface area contributed by atoms with Crippen molar-refractivity contribution >= 4 is 28.9 Å². The summed E-state index contributed by atoms with van der Waals surface area (Å²) in [7, 11) is 0. The van der Waals surface area contributed by atoms with Crippen molar-refractivity contribution in [2.75, 3.05) is 18.4 Å². The summed E-state index contributed by atoms with van der Waals surface area (Å²) in [4.78, 5) is 13.3. The summed E-state index contributed by atoms with van der Waals surface area (Å²) in [6.07, 6.45) is 1.81. The van der Waals surface area contributed by atoms with E-state index in [1.807, 2.05) is 36.1 Å². The monoisotopic (exact) mass is 277 g/mol. The first kappa shape index (κ1) is 13.8. The Morgan fingerprint density at radius 3 is 2.89 bits per heavy atom. The van der Waals surface area contributed by atoms with Crippen LogP contribution in [-0.2, 0) is 4.79 Å². The fourth-order valence-corrected chi connectivity index (χ4v) is 2.58.